The van der Waals surface area contributed by atoms with E-state index >= 15 is 0 Å². The topological polar surface area (TPSA) is 67.2 Å². The Bertz CT molecular complexity index is 181. The third-order valence-electron chi connectivity index (χ3n) is 1.03. The van der Waals surface area contributed by atoms with Gasteiger partial charge in [-0.1, -0.05) is 19.9 Å². The molecular weight excluding hydrogens is 158 g/mol. The summed E-state index contributed by atoms with van der Waals surface area (Å²) in [5.74, 6) is -0.295. The highest BCUT2D eigenvalue weighted by Crippen LogP contribution is 2.02. The number of isocyanates is 1. The first-order chi connectivity index (χ1) is 5.63. The van der Waals surface area contributed by atoms with Gasteiger partial charge < -0.3 is 4.74 Å². The van der Waals surface area contributed by atoms with Gasteiger partial charge >= 0.3 is 5.97 Å². The Morgan fingerprint density at radius 3 is 2.33 bits per heavy atom. The van der Waals surface area contributed by atoms with Gasteiger partial charge in [-0.2, -0.15) is 0 Å². The maximum atomic E-state index is 10.6. The summed E-state index contributed by atoms with van der Waals surface area (Å²) in [6, 6.07) is 0. The van der Waals surface area contributed by atoms with Crippen molar-refractivity contribution in [2.75, 3.05) is 7.11 Å². The number of hydrogen-bond donors (Lipinski definition) is 1. The number of carbonyl (C=O) groups is 1. The first-order valence-electron chi connectivity index (χ1n) is 3.43. The molecule has 0 amide bonds. The van der Waals surface area contributed by atoms with Crippen LogP contribution in [0.5, 0.6) is 0 Å². The lowest BCUT2D eigenvalue weighted by Gasteiger charge is -1.98. The largest absolute Gasteiger partial charge is 0.466 e. The van der Waals surface area contributed by atoms with E-state index in [9.17, 15) is 4.79 Å². The van der Waals surface area contributed by atoms with Gasteiger partial charge in [0, 0.05) is 5.57 Å². The molecule has 0 aliphatic rings. The van der Waals surface area contributed by atoms with Crippen molar-refractivity contribution in [1.82, 2.24) is 0 Å². The minimum atomic E-state index is -0.295. The molecule has 0 unspecified atom stereocenters. The van der Waals surface area contributed by atoms with E-state index in [-0.39, 0.29) is 5.97 Å². The zero-order valence-corrected chi connectivity index (χ0v) is 7.35. The molecule has 0 aliphatic carbocycles. The van der Waals surface area contributed by atoms with Crippen LogP contribution in [0.1, 0.15) is 19.8 Å². The molecule has 0 aromatic heterocycles. The molecule has 4 nitrogen and oxygen atoms in total. The Morgan fingerprint density at radius 1 is 1.67 bits per heavy atom. The third kappa shape index (κ3) is 8.59. The van der Waals surface area contributed by atoms with Crippen LogP contribution in [0.3, 0.4) is 0 Å². The van der Waals surface area contributed by atoms with E-state index < -0.39 is 0 Å². The van der Waals surface area contributed by atoms with E-state index in [0.29, 0.717) is 5.57 Å². The number of methoxy groups -OCH3 is 1. The van der Waals surface area contributed by atoms with Crippen LogP contribution in [-0.2, 0) is 14.3 Å². The van der Waals surface area contributed by atoms with Crippen molar-refractivity contribution in [3.63, 3.8) is 0 Å². The Hall–Kier alpha value is -1.41. The molecule has 1 N–H and O–H groups in total. The standard InChI is InChI=1S/C7H12O2.CHNO/c1-4-5-6(2)7(8)9-3;2-1-3/h2,4-5H2,1,3H3;2H. The molecule has 0 bridgehead atoms. The van der Waals surface area contributed by atoms with Crippen LogP contribution in [0, 0.1) is 5.41 Å². The molecule has 68 valence electrons. The van der Waals surface area contributed by atoms with Crippen molar-refractivity contribution in [3.8, 4) is 0 Å². The predicted octanol–water partition coefficient (Wildman–Crippen LogP) is 1.42. The SMILES string of the molecule is C=C(CCC)C(=O)OC.N=C=O. The summed E-state index contributed by atoms with van der Waals surface area (Å²) in [7, 11) is 1.36. The summed E-state index contributed by atoms with van der Waals surface area (Å²) in [5.41, 5.74) is 0.556. The molecule has 0 rings (SSSR count). The number of rotatable bonds is 3. The second-order valence-electron chi connectivity index (χ2n) is 1.95. The maximum Gasteiger partial charge on any atom is 0.333 e. The van der Waals surface area contributed by atoms with E-state index in [0.717, 1.165) is 18.9 Å². The molecule has 0 saturated carbocycles. The minimum Gasteiger partial charge on any atom is -0.466 e. The fourth-order valence-corrected chi connectivity index (χ4v) is 0.548. The van der Waals surface area contributed by atoms with Crippen molar-refractivity contribution in [1.29, 1.82) is 5.41 Å². The zero-order valence-electron chi connectivity index (χ0n) is 7.35. The molecule has 0 saturated heterocycles. The molecule has 0 fully saturated rings. The summed E-state index contributed by atoms with van der Waals surface area (Å²) in [6.07, 6.45) is 2.42. The summed E-state index contributed by atoms with van der Waals surface area (Å²) in [5, 5.41) is 5.40. The molecule has 0 atom stereocenters. The summed E-state index contributed by atoms with van der Waals surface area (Å²) < 4.78 is 4.43. The van der Waals surface area contributed by atoms with Gasteiger partial charge in [0.15, 0.2) is 0 Å². The van der Waals surface area contributed by atoms with Gasteiger partial charge in [0.1, 0.15) is 0 Å². The molecule has 0 aromatic carbocycles. The van der Waals surface area contributed by atoms with Crippen LogP contribution in [0.15, 0.2) is 12.2 Å². The van der Waals surface area contributed by atoms with Crippen LogP contribution in [-0.4, -0.2) is 19.2 Å². The Kier molecular flexibility index (Phi) is 10.5. The Balaban J connectivity index is 0. The van der Waals surface area contributed by atoms with Crippen molar-refractivity contribution in [3.05, 3.63) is 12.2 Å². The smallest absolute Gasteiger partial charge is 0.333 e. The van der Waals surface area contributed by atoms with Gasteiger partial charge in [-0.15, -0.1) is 0 Å². The van der Waals surface area contributed by atoms with E-state index in [1.807, 2.05) is 6.92 Å². The van der Waals surface area contributed by atoms with E-state index in [1.165, 1.54) is 7.11 Å². The molecule has 0 radical (unpaired) electrons. The number of carbonyl (C=O) groups excluding carboxylic acids is 2. The molecule has 0 aliphatic heterocycles. The molecule has 0 spiro atoms. The average molecular weight is 171 g/mol. The number of ether oxygens (including phenoxy) is 1. The van der Waals surface area contributed by atoms with Gasteiger partial charge in [-0.3, -0.25) is 0 Å². The average Bonchev–Trinajstić information content (AvgIpc) is 2.05. The van der Waals surface area contributed by atoms with Crippen LogP contribution >= 0.6 is 0 Å². The molecule has 0 heterocycles. The second-order valence-corrected chi connectivity index (χ2v) is 1.95. The van der Waals surface area contributed by atoms with Gasteiger partial charge in [-0.25, -0.2) is 15.0 Å². The van der Waals surface area contributed by atoms with Crippen molar-refractivity contribution in [2.24, 2.45) is 0 Å². The lowest BCUT2D eigenvalue weighted by molar-refractivity contribution is -0.136. The number of hydrogen-bond acceptors (Lipinski definition) is 4. The van der Waals surface area contributed by atoms with Gasteiger partial charge in [0.25, 0.3) is 0 Å². The predicted molar refractivity (Wildman–Crippen MR) is 44.5 cm³/mol. The van der Waals surface area contributed by atoms with Gasteiger partial charge in [0.05, 0.1) is 7.11 Å². The molecule has 4 heteroatoms. The molecule has 12 heavy (non-hydrogen) atoms. The Morgan fingerprint density at radius 2 is 2.08 bits per heavy atom. The summed E-state index contributed by atoms with van der Waals surface area (Å²) >= 11 is 0. The van der Waals surface area contributed by atoms with Crippen molar-refractivity contribution in [2.45, 2.75) is 19.8 Å². The molecule has 0 aromatic rings. The maximum absolute atomic E-state index is 10.6. The first kappa shape index (κ1) is 13.2. The second kappa shape index (κ2) is 9.59. The normalized spacial score (nSPS) is 7.17. The lowest BCUT2D eigenvalue weighted by Crippen LogP contribution is -2.02. The monoisotopic (exact) mass is 171 g/mol. The summed E-state index contributed by atoms with van der Waals surface area (Å²) in [6.45, 7) is 5.53. The van der Waals surface area contributed by atoms with E-state index in [4.69, 9.17) is 10.2 Å². The first-order valence-corrected chi connectivity index (χ1v) is 3.43. The fraction of sp³-hybridized carbons (Fsp3) is 0.500. The van der Waals surface area contributed by atoms with Crippen LogP contribution in [0.25, 0.3) is 0 Å². The van der Waals surface area contributed by atoms with Gasteiger partial charge in [-0.05, 0) is 6.42 Å². The highest BCUT2D eigenvalue weighted by Gasteiger charge is 2.02. The van der Waals surface area contributed by atoms with E-state index in [1.54, 1.807) is 0 Å². The third-order valence-corrected chi connectivity index (χ3v) is 1.03. The highest BCUT2D eigenvalue weighted by molar-refractivity contribution is 5.87. The summed E-state index contributed by atoms with van der Waals surface area (Å²) in [4.78, 5) is 18.9. The zero-order chi connectivity index (χ0) is 9.98. The Labute approximate surface area is 71.7 Å². The minimum absolute atomic E-state index is 0.295. The number of nitrogens with one attached hydrogen (secondary N) is 1. The molecular formula is C8H13NO3. The highest BCUT2D eigenvalue weighted by atomic mass is 16.5. The van der Waals surface area contributed by atoms with Gasteiger partial charge in [0.2, 0.25) is 6.08 Å². The van der Waals surface area contributed by atoms with E-state index in [2.05, 4.69) is 11.3 Å². The van der Waals surface area contributed by atoms with Crippen LogP contribution < -0.4 is 0 Å². The van der Waals surface area contributed by atoms with Crippen LogP contribution in [0.4, 0.5) is 0 Å². The lowest BCUT2D eigenvalue weighted by atomic mass is 10.2. The number of esters is 1. The fourth-order valence-electron chi connectivity index (χ4n) is 0.548. The van der Waals surface area contributed by atoms with Crippen molar-refractivity contribution >= 4 is 12.0 Å². The van der Waals surface area contributed by atoms with Crippen LogP contribution in [0.2, 0.25) is 0 Å². The van der Waals surface area contributed by atoms with Crippen molar-refractivity contribution < 1.29 is 14.3 Å². The quantitative estimate of drug-likeness (QED) is 0.302.